The van der Waals surface area contributed by atoms with Gasteiger partial charge in [-0.25, -0.2) is 9.18 Å². The van der Waals surface area contributed by atoms with Crippen LogP contribution in [0.2, 0.25) is 0 Å². The van der Waals surface area contributed by atoms with Gasteiger partial charge in [-0.2, -0.15) is 0 Å². The maximum Gasteiger partial charge on any atom is 0.326 e. The predicted octanol–water partition coefficient (Wildman–Crippen LogP) is 3.16. The van der Waals surface area contributed by atoms with Gasteiger partial charge in [0, 0.05) is 17.4 Å². The van der Waals surface area contributed by atoms with Gasteiger partial charge in [0.15, 0.2) is 0 Å². The van der Waals surface area contributed by atoms with E-state index in [0.29, 0.717) is 24.5 Å². The number of carbonyl (C=O) groups excluding carboxylic acids is 1. The molecule has 2 heterocycles. The molecule has 3 rings (SSSR count). The maximum absolute atomic E-state index is 13.0. The number of benzene rings is 1. The van der Waals surface area contributed by atoms with Crippen LogP contribution in [0.1, 0.15) is 22.5 Å². The van der Waals surface area contributed by atoms with Gasteiger partial charge >= 0.3 is 5.97 Å². The molecule has 1 fully saturated rings. The Kier molecular flexibility index (Phi) is 5.45. The van der Waals surface area contributed by atoms with Crippen LogP contribution in [0, 0.1) is 11.7 Å². The summed E-state index contributed by atoms with van der Waals surface area (Å²) < 4.78 is 18.3. The Morgan fingerprint density at radius 3 is 2.64 bits per heavy atom. The van der Waals surface area contributed by atoms with Gasteiger partial charge < -0.3 is 15.2 Å². The molecule has 1 aromatic heterocycles. The van der Waals surface area contributed by atoms with Crippen molar-refractivity contribution in [2.45, 2.75) is 18.9 Å². The monoisotopic (exact) mass is 363 g/mol. The molecule has 0 spiro atoms. The van der Waals surface area contributed by atoms with Gasteiger partial charge in [-0.05, 0) is 42.7 Å². The van der Waals surface area contributed by atoms with E-state index in [4.69, 9.17) is 4.74 Å². The lowest BCUT2D eigenvalue weighted by atomic mass is 9.93. The summed E-state index contributed by atoms with van der Waals surface area (Å²) in [6, 6.07) is 8.45. The zero-order chi connectivity index (χ0) is 17.8. The molecule has 2 unspecified atom stereocenters. The minimum absolute atomic E-state index is 0.230. The summed E-state index contributed by atoms with van der Waals surface area (Å²) in [7, 11) is 0. The first kappa shape index (κ1) is 17.6. The highest BCUT2D eigenvalue weighted by Gasteiger charge is 2.31. The van der Waals surface area contributed by atoms with Crippen molar-refractivity contribution in [2.75, 3.05) is 13.2 Å². The van der Waals surface area contributed by atoms with Gasteiger partial charge in [0.25, 0.3) is 5.91 Å². The molecule has 1 aromatic carbocycles. The number of carboxylic acids is 1. The Morgan fingerprint density at radius 1 is 1.24 bits per heavy atom. The SMILES string of the molecule is O=C(NC(C(=O)O)C1CCCOC1)c1ccc(-c2ccc(F)cc2)s1. The van der Waals surface area contributed by atoms with Crippen LogP contribution < -0.4 is 5.32 Å². The first-order chi connectivity index (χ1) is 12.0. The van der Waals surface area contributed by atoms with E-state index in [-0.39, 0.29) is 11.7 Å². The number of amides is 1. The van der Waals surface area contributed by atoms with Crippen LogP contribution in [0.3, 0.4) is 0 Å². The smallest absolute Gasteiger partial charge is 0.326 e. The topological polar surface area (TPSA) is 75.6 Å². The van der Waals surface area contributed by atoms with Crippen molar-refractivity contribution in [3.05, 3.63) is 47.1 Å². The fraction of sp³-hybridized carbons (Fsp3) is 0.333. The molecular formula is C18H18FNO4S. The third-order valence-corrected chi connectivity index (χ3v) is 5.31. The van der Waals surface area contributed by atoms with Crippen molar-refractivity contribution >= 4 is 23.2 Å². The standard InChI is InChI=1S/C18H18FNO4S/c19-13-5-3-11(4-6-13)14-7-8-15(25-14)17(21)20-16(18(22)23)12-2-1-9-24-10-12/h3-8,12,16H,1-2,9-10H2,(H,20,21)(H,22,23). The van der Waals surface area contributed by atoms with Crippen molar-refractivity contribution in [3.8, 4) is 10.4 Å². The van der Waals surface area contributed by atoms with Crippen molar-refractivity contribution in [2.24, 2.45) is 5.92 Å². The molecule has 2 aromatic rings. The summed E-state index contributed by atoms with van der Waals surface area (Å²) in [5, 5.41) is 12.0. The summed E-state index contributed by atoms with van der Waals surface area (Å²) >= 11 is 1.24. The molecule has 132 valence electrons. The van der Waals surface area contributed by atoms with E-state index in [1.54, 1.807) is 24.3 Å². The lowest BCUT2D eigenvalue weighted by molar-refractivity contribution is -0.142. The van der Waals surface area contributed by atoms with Crippen LogP contribution in [0.5, 0.6) is 0 Å². The van der Waals surface area contributed by atoms with Crippen LogP contribution >= 0.6 is 11.3 Å². The Hall–Kier alpha value is -2.25. The summed E-state index contributed by atoms with van der Waals surface area (Å²) in [5.74, 6) is -2.03. The summed E-state index contributed by atoms with van der Waals surface area (Å²) in [6.07, 6.45) is 1.50. The second kappa shape index (κ2) is 7.76. The molecular weight excluding hydrogens is 345 g/mol. The number of thiophene rings is 1. The number of nitrogens with one attached hydrogen (secondary N) is 1. The minimum atomic E-state index is -1.06. The highest BCUT2D eigenvalue weighted by Crippen LogP contribution is 2.28. The fourth-order valence-corrected chi connectivity index (χ4v) is 3.77. The van der Waals surface area contributed by atoms with E-state index in [2.05, 4.69) is 5.32 Å². The molecule has 1 aliphatic rings. The number of aliphatic carboxylic acids is 1. The number of hydrogen-bond acceptors (Lipinski definition) is 4. The number of carbonyl (C=O) groups is 2. The van der Waals surface area contributed by atoms with E-state index in [1.807, 2.05) is 0 Å². The molecule has 2 atom stereocenters. The molecule has 2 N–H and O–H groups in total. The molecule has 5 nitrogen and oxygen atoms in total. The first-order valence-electron chi connectivity index (χ1n) is 8.02. The van der Waals surface area contributed by atoms with Crippen LogP contribution in [0.15, 0.2) is 36.4 Å². The quantitative estimate of drug-likeness (QED) is 0.856. The molecule has 0 radical (unpaired) electrons. The zero-order valence-electron chi connectivity index (χ0n) is 13.4. The molecule has 0 saturated carbocycles. The molecule has 1 aliphatic heterocycles. The Balaban J connectivity index is 1.71. The second-order valence-corrected chi connectivity index (χ2v) is 7.02. The summed E-state index contributed by atoms with van der Waals surface area (Å²) in [4.78, 5) is 25.2. The van der Waals surface area contributed by atoms with E-state index >= 15 is 0 Å². The summed E-state index contributed by atoms with van der Waals surface area (Å²) in [6.45, 7) is 0.964. The maximum atomic E-state index is 13.0. The molecule has 1 amide bonds. The largest absolute Gasteiger partial charge is 0.480 e. The summed E-state index contributed by atoms with van der Waals surface area (Å²) in [5.41, 5.74) is 0.806. The van der Waals surface area contributed by atoms with Gasteiger partial charge in [-0.1, -0.05) is 12.1 Å². The minimum Gasteiger partial charge on any atom is -0.480 e. The number of rotatable bonds is 5. The van der Waals surface area contributed by atoms with Crippen LogP contribution in [-0.4, -0.2) is 36.2 Å². The van der Waals surface area contributed by atoms with Crippen molar-refractivity contribution < 1.29 is 23.8 Å². The predicted molar refractivity (Wildman–Crippen MR) is 92.1 cm³/mol. The number of hydrogen-bond donors (Lipinski definition) is 2. The van der Waals surface area contributed by atoms with Crippen molar-refractivity contribution in [1.82, 2.24) is 5.32 Å². The zero-order valence-corrected chi connectivity index (χ0v) is 14.2. The Bertz CT molecular complexity index is 753. The molecule has 1 saturated heterocycles. The van der Waals surface area contributed by atoms with Gasteiger partial charge in [0.05, 0.1) is 11.5 Å². The van der Waals surface area contributed by atoms with E-state index in [0.717, 1.165) is 16.9 Å². The van der Waals surface area contributed by atoms with E-state index < -0.39 is 17.9 Å². The second-order valence-electron chi connectivity index (χ2n) is 5.94. The average Bonchev–Trinajstić information content (AvgIpc) is 3.11. The van der Waals surface area contributed by atoms with Gasteiger partial charge in [-0.15, -0.1) is 11.3 Å². The fourth-order valence-electron chi connectivity index (χ4n) is 2.85. The number of ether oxygens (including phenoxy) is 1. The molecule has 25 heavy (non-hydrogen) atoms. The molecule has 0 aliphatic carbocycles. The highest BCUT2D eigenvalue weighted by atomic mass is 32.1. The first-order valence-corrected chi connectivity index (χ1v) is 8.83. The lowest BCUT2D eigenvalue weighted by Gasteiger charge is -2.27. The third-order valence-electron chi connectivity index (χ3n) is 4.18. The third kappa shape index (κ3) is 4.24. The van der Waals surface area contributed by atoms with Gasteiger partial charge in [-0.3, -0.25) is 4.79 Å². The van der Waals surface area contributed by atoms with Crippen LogP contribution in [-0.2, 0) is 9.53 Å². The highest BCUT2D eigenvalue weighted by molar-refractivity contribution is 7.17. The van der Waals surface area contributed by atoms with E-state index in [9.17, 15) is 19.1 Å². The van der Waals surface area contributed by atoms with Gasteiger partial charge in [0.2, 0.25) is 0 Å². The molecule has 7 heteroatoms. The van der Waals surface area contributed by atoms with Crippen LogP contribution in [0.25, 0.3) is 10.4 Å². The van der Waals surface area contributed by atoms with Crippen molar-refractivity contribution in [1.29, 1.82) is 0 Å². The lowest BCUT2D eigenvalue weighted by Crippen LogP contribution is -2.48. The van der Waals surface area contributed by atoms with Crippen LogP contribution in [0.4, 0.5) is 4.39 Å². The van der Waals surface area contributed by atoms with Crippen molar-refractivity contribution in [3.63, 3.8) is 0 Å². The average molecular weight is 363 g/mol. The number of carboxylic acid groups (broad SMARTS) is 1. The normalized spacial score (nSPS) is 18.5. The molecule has 0 bridgehead atoms. The van der Waals surface area contributed by atoms with E-state index in [1.165, 1.54) is 23.5 Å². The van der Waals surface area contributed by atoms with Gasteiger partial charge in [0.1, 0.15) is 11.9 Å². The Morgan fingerprint density at radius 2 is 2.00 bits per heavy atom. The number of halogens is 1. The Labute approximate surface area is 148 Å².